The van der Waals surface area contributed by atoms with Gasteiger partial charge in [0.25, 0.3) is 0 Å². The Morgan fingerprint density at radius 1 is 1.70 bits per heavy atom. The van der Waals surface area contributed by atoms with Crippen molar-refractivity contribution >= 4 is 5.97 Å². The number of carbonyl (C=O) groups excluding carboxylic acids is 1. The summed E-state index contributed by atoms with van der Waals surface area (Å²) in [5, 5.41) is 18.0. The second kappa shape index (κ2) is 2.98. The van der Waals surface area contributed by atoms with Crippen molar-refractivity contribution in [1.82, 2.24) is 0 Å². The molecule has 2 N–H and O–H groups in total. The molecule has 0 saturated heterocycles. The fourth-order valence-electron chi connectivity index (χ4n) is 0.377. The van der Waals surface area contributed by atoms with Gasteiger partial charge in [0, 0.05) is 0 Å². The molecular formula is C6H12O4. The van der Waals surface area contributed by atoms with Crippen LogP contribution in [-0.2, 0) is 9.53 Å². The third-order valence-electron chi connectivity index (χ3n) is 1.41. The number of carbonyl (C=O) groups is 1. The fraction of sp³-hybridized carbons (Fsp3) is 0.833. The molecule has 60 valence electrons. The highest BCUT2D eigenvalue weighted by atomic mass is 16.5. The average Bonchev–Trinajstić information content (AvgIpc) is 1.86. The summed E-state index contributed by atoms with van der Waals surface area (Å²) < 4.78 is 4.23. The zero-order valence-electron chi connectivity index (χ0n) is 6.29. The van der Waals surface area contributed by atoms with Crippen molar-refractivity contribution < 1.29 is 19.7 Å². The Kier molecular flexibility index (Phi) is 2.80. The molecule has 0 aliphatic carbocycles. The minimum Gasteiger partial charge on any atom is -0.467 e. The Bertz CT molecular complexity index is 128. The maximum atomic E-state index is 10.6. The number of hydrogen-bond donors (Lipinski definition) is 2. The third-order valence-corrected chi connectivity index (χ3v) is 1.41. The van der Waals surface area contributed by atoms with Gasteiger partial charge in [0.1, 0.15) is 0 Å². The van der Waals surface area contributed by atoms with Gasteiger partial charge in [-0.25, -0.2) is 4.79 Å². The number of rotatable bonds is 2. The van der Waals surface area contributed by atoms with E-state index in [-0.39, 0.29) is 0 Å². The largest absolute Gasteiger partial charge is 0.467 e. The van der Waals surface area contributed by atoms with Gasteiger partial charge < -0.3 is 14.9 Å². The average molecular weight is 148 g/mol. The highest BCUT2D eigenvalue weighted by Gasteiger charge is 2.36. The molecule has 2 atom stereocenters. The van der Waals surface area contributed by atoms with Crippen LogP contribution in [0.25, 0.3) is 0 Å². The predicted octanol–water partition coefficient (Wildman–Crippen LogP) is -0.709. The molecule has 0 saturated carbocycles. The van der Waals surface area contributed by atoms with Crippen molar-refractivity contribution in [2.75, 3.05) is 7.11 Å². The first-order valence-electron chi connectivity index (χ1n) is 2.91. The minimum absolute atomic E-state index is 0.831. The monoisotopic (exact) mass is 148 g/mol. The summed E-state index contributed by atoms with van der Waals surface area (Å²) in [4.78, 5) is 10.6. The van der Waals surface area contributed by atoms with E-state index in [0.717, 1.165) is 7.11 Å². The molecule has 0 rings (SSSR count). The van der Waals surface area contributed by atoms with Gasteiger partial charge in [-0.3, -0.25) is 0 Å². The van der Waals surface area contributed by atoms with Crippen molar-refractivity contribution in [3.8, 4) is 0 Å². The van der Waals surface area contributed by atoms with Gasteiger partial charge in [0.05, 0.1) is 13.2 Å². The molecule has 0 fully saturated rings. The molecule has 0 aromatic heterocycles. The van der Waals surface area contributed by atoms with E-state index in [1.165, 1.54) is 13.8 Å². The van der Waals surface area contributed by atoms with E-state index in [1.54, 1.807) is 0 Å². The lowest BCUT2D eigenvalue weighted by Crippen LogP contribution is -2.45. The van der Waals surface area contributed by atoms with Gasteiger partial charge in [-0.05, 0) is 13.8 Å². The van der Waals surface area contributed by atoms with Crippen LogP contribution >= 0.6 is 0 Å². The topological polar surface area (TPSA) is 66.8 Å². The van der Waals surface area contributed by atoms with Gasteiger partial charge >= 0.3 is 5.97 Å². The molecule has 0 amide bonds. The summed E-state index contributed by atoms with van der Waals surface area (Å²) in [6.45, 7) is 2.51. The molecule has 10 heavy (non-hydrogen) atoms. The van der Waals surface area contributed by atoms with Gasteiger partial charge in [0.2, 0.25) is 0 Å². The van der Waals surface area contributed by atoms with Crippen LogP contribution in [0.2, 0.25) is 0 Å². The van der Waals surface area contributed by atoms with E-state index in [1.807, 2.05) is 0 Å². The van der Waals surface area contributed by atoms with Crippen LogP contribution < -0.4 is 0 Å². The van der Waals surface area contributed by atoms with Crippen molar-refractivity contribution in [1.29, 1.82) is 0 Å². The number of hydrogen-bond acceptors (Lipinski definition) is 4. The SMILES string of the molecule is COC(=O)C(C)(O)C(C)O. The zero-order valence-corrected chi connectivity index (χ0v) is 6.29. The van der Waals surface area contributed by atoms with Crippen molar-refractivity contribution in [2.45, 2.75) is 25.6 Å². The second-order valence-electron chi connectivity index (χ2n) is 2.32. The molecular weight excluding hydrogens is 136 g/mol. The highest BCUT2D eigenvalue weighted by molar-refractivity contribution is 5.79. The number of ether oxygens (including phenoxy) is 1. The molecule has 0 radical (unpaired) electrons. The molecule has 0 spiro atoms. The molecule has 0 heterocycles. The quantitative estimate of drug-likeness (QED) is 0.508. The van der Waals surface area contributed by atoms with Gasteiger partial charge in [-0.2, -0.15) is 0 Å². The van der Waals surface area contributed by atoms with E-state index >= 15 is 0 Å². The lowest BCUT2D eigenvalue weighted by Gasteiger charge is -2.22. The van der Waals surface area contributed by atoms with E-state index in [2.05, 4.69) is 4.74 Å². The van der Waals surface area contributed by atoms with Crippen molar-refractivity contribution in [3.05, 3.63) is 0 Å². The number of methoxy groups -OCH3 is 1. The van der Waals surface area contributed by atoms with Crippen LogP contribution in [0.5, 0.6) is 0 Å². The summed E-state index contributed by atoms with van der Waals surface area (Å²) in [5.74, 6) is -0.831. The number of aliphatic hydroxyl groups is 2. The first kappa shape index (κ1) is 9.39. The highest BCUT2D eigenvalue weighted by Crippen LogP contribution is 2.10. The van der Waals surface area contributed by atoms with E-state index in [9.17, 15) is 4.79 Å². The zero-order chi connectivity index (χ0) is 8.36. The Hall–Kier alpha value is -0.610. The van der Waals surface area contributed by atoms with E-state index in [4.69, 9.17) is 10.2 Å². The molecule has 0 aromatic carbocycles. The molecule has 0 aliphatic heterocycles. The van der Waals surface area contributed by atoms with Gasteiger partial charge in [-0.1, -0.05) is 0 Å². The van der Waals surface area contributed by atoms with Crippen molar-refractivity contribution in [2.24, 2.45) is 0 Å². The lowest BCUT2D eigenvalue weighted by molar-refractivity contribution is -0.170. The van der Waals surface area contributed by atoms with Gasteiger partial charge in [0.15, 0.2) is 5.60 Å². The molecule has 0 bridgehead atoms. The van der Waals surface area contributed by atoms with E-state index in [0.29, 0.717) is 0 Å². The third kappa shape index (κ3) is 1.68. The summed E-state index contributed by atoms with van der Waals surface area (Å²) in [7, 11) is 1.15. The second-order valence-corrected chi connectivity index (χ2v) is 2.32. The maximum absolute atomic E-state index is 10.6. The Labute approximate surface area is 59.4 Å². The first-order valence-corrected chi connectivity index (χ1v) is 2.91. The summed E-state index contributed by atoms with van der Waals surface area (Å²) in [6.07, 6.45) is -1.13. The Morgan fingerprint density at radius 2 is 2.10 bits per heavy atom. The lowest BCUT2D eigenvalue weighted by atomic mass is 10.0. The molecule has 0 aromatic rings. The normalized spacial score (nSPS) is 19.3. The summed E-state index contributed by atoms with van der Waals surface area (Å²) in [6, 6.07) is 0. The predicted molar refractivity (Wildman–Crippen MR) is 34.3 cm³/mol. The minimum atomic E-state index is -1.80. The summed E-state index contributed by atoms with van der Waals surface area (Å²) in [5.41, 5.74) is -1.80. The van der Waals surface area contributed by atoms with Crippen LogP contribution in [0.15, 0.2) is 0 Å². The molecule has 0 aliphatic rings. The van der Waals surface area contributed by atoms with Crippen molar-refractivity contribution in [3.63, 3.8) is 0 Å². The standard InChI is InChI=1S/C6H12O4/c1-4(7)6(2,9)5(8)10-3/h4,7,9H,1-3H3. The Morgan fingerprint density at radius 3 is 2.20 bits per heavy atom. The van der Waals surface area contributed by atoms with E-state index < -0.39 is 17.7 Å². The molecule has 4 heteroatoms. The smallest absolute Gasteiger partial charge is 0.340 e. The van der Waals surface area contributed by atoms with Crippen LogP contribution in [0, 0.1) is 0 Å². The molecule has 4 nitrogen and oxygen atoms in total. The summed E-state index contributed by atoms with van der Waals surface area (Å²) >= 11 is 0. The number of esters is 1. The molecule has 2 unspecified atom stereocenters. The van der Waals surface area contributed by atoms with Crippen LogP contribution in [0.4, 0.5) is 0 Å². The van der Waals surface area contributed by atoms with Crippen LogP contribution in [0.3, 0.4) is 0 Å². The number of aliphatic hydroxyl groups excluding tert-OH is 1. The van der Waals surface area contributed by atoms with Crippen LogP contribution in [0.1, 0.15) is 13.8 Å². The fourth-order valence-corrected chi connectivity index (χ4v) is 0.377. The Balaban J connectivity index is 4.24. The first-order chi connectivity index (χ1) is 4.42. The van der Waals surface area contributed by atoms with Crippen LogP contribution in [-0.4, -0.2) is 35.0 Å². The maximum Gasteiger partial charge on any atom is 0.340 e. The van der Waals surface area contributed by atoms with Gasteiger partial charge in [-0.15, -0.1) is 0 Å².